The zero-order valence-corrected chi connectivity index (χ0v) is 8.35. The highest BCUT2D eigenvalue weighted by Gasteiger charge is 2.09. The van der Waals surface area contributed by atoms with Crippen molar-refractivity contribution in [2.24, 2.45) is 4.99 Å². The second kappa shape index (κ2) is 4.50. The van der Waals surface area contributed by atoms with Crippen LogP contribution in [0, 0.1) is 15.9 Å². The SMILES string of the molecule is CN(C)C=Nc1cc([N+](=O)[O-])ccc1F. The topological polar surface area (TPSA) is 58.7 Å². The predicted octanol–water partition coefficient (Wildman–Crippen LogP) is 1.96. The van der Waals surface area contributed by atoms with Crippen LogP contribution in [0.4, 0.5) is 15.8 Å². The van der Waals surface area contributed by atoms with E-state index in [0.717, 1.165) is 18.2 Å². The molecular formula is C9H10FN3O2. The minimum atomic E-state index is -0.589. The molecule has 0 atom stereocenters. The quantitative estimate of drug-likeness (QED) is 0.332. The third kappa shape index (κ3) is 3.01. The fourth-order valence-corrected chi connectivity index (χ4v) is 0.891. The molecule has 0 heterocycles. The van der Waals surface area contributed by atoms with Crippen molar-refractivity contribution in [1.29, 1.82) is 0 Å². The van der Waals surface area contributed by atoms with Crippen molar-refractivity contribution in [1.82, 2.24) is 4.90 Å². The maximum atomic E-state index is 13.1. The molecule has 0 aromatic heterocycles. The predicted molar refractivity (Wildman–Crippen MR) is 54.9 cm³/mol. The van der Waals surface area contributed by atoms with Gasteiger partial charge in [0, 0.05) is 26.2 Å². The van der Waals surface area contributed by atoms with Gasteiger partial charge in [-0.15, -0.1) is 0 Å². The van der Waals surface area contributed by atoms with Crippen LogP contribution in [0.3, 0.4) is 0 Å². The Morgan fingerprint density at radius 1 is 1.53 bits per heavy atom. The molecule has 0 spiro atoms. The molecule has 15 heavy (non-hydrogen) atoms. The van der Waals surface area contributed by atoms with Gasteiger partial charge >= 0.3 is 0 Å². The van der Waals surface area contributed by atoms with Crippen molar-refractivity contribution in [2.75, 3.05) is 14.1 Å². The summed E-state index contributed by atoms with van der Waals surface area (Å²) in [6, 6.07) is 3.22. The number of halogens is 1. The summed E-state index contributed by atoms with van der Waals surface area (Å²) in [6.07, 6.45) is 1.38. The molecule has 0 saturated carbocycles. The van der Waals surface area contributed by atoms with Gasteiger partial charge in [-0.25, -0.2) is 9.38 Å². The first-order valence-corrected chi connectivity index (χ1v) is 4.15. The number of hydrogen-bond acceptors (Lipinski definition) is 3. The van der Waals surface area contributed by atoms with E-state index in [9.17, 15) is 14.5 Å². The summed E-state index contributed by atoms with van der Waals surface area (Å²) in [5.74, 6) is -0.585. The highest BCUT2D eigenvalue weighted by atomic mass is 19.1. The Morgan fingerprint density at radius 2 is 2.20 bits per heavy atom. The lowest BCUT2D eigenvalue weighted by atomic mass is 10.3. The van der Waals surface area contributed by atoms with Crippen LogP contribution in [-0.2, 0) is 0 Å². The van der Waals surface area contributed by atoms with Gasteiger partial charge in [0.2, 0.25) is 0 Å². The van der Waals surface area contributed by atoms with Crippen molar-refractivity contribution in [3.05, 3.63) is 34.1 Å². The van der Waals surface area contributed by atoms with Gasteiger partial charge in [-0.1, -0.05) is 0 Å². The molecule has 0 amide bonds. The maximum absolute atomic E-state index is 13.1. The fourth-order valence-electron chi connectivity index (χ4n) is 0.891. The summed E-state index contributed by atoms with van der Waals surface area (Å²) in [5.41, 5.74) is -0.222. The first kappa shape index (κ1) is 11.1. The number of rotatable bonds is 3. The molecule has 6 heteroatoms. The number of aliphatic imine (C=N–C) groups is 1. The van der Waals surface area contributed by atoms with Gasteiger partial charge in [0.05, 0.1) is 11.3 Å². The molecule has 0 aliphatic carbocycles. The summed E-state index contributed by atoms with van der Waals surface area (Å²) in [6.45, 7) is 0. The van der Waals surface area contributed by atoms with Gasteiger partial charge in [-0.05, 0) is 6.07 Å². The van der Waals surface area contributed by atoms with E-state index >= 15 is 0 Å². The minimum Gasteiger partial charge on any atom is -0.369 e. The average molecular weight is 211 g/mol. The lowest BCUT2D eigenvalue weighted by molar-refractivity contribution is -0.384. The second-order valence-corrected chi connectivity index (χ2v) is 3.10. The van der Waals surface area contributed by atoms with E-state index in [1.54, 1.807) is 19.0 Å². The van der Waals surface area contributed by atoms with Crippen molar-refractivity contribution in [3.63, 3.8) is 0 Å². The van der Waals surface area contributed by atoms with Gasteiger partial charge in [-0.2, -0.15) is 0 Å². The van der Waals surface area contributed by atoms with Crippen molar-refractivity contribution < 1.29 is 9.31 Å². The van der Waals surface area contributed by atoms with E-state index in [1.807, 2.05) is 0 Å². The van der Waals surface area contributed by atoms with Gasteiger partial charge in [-0.3, -0.25) is 10.1 Å². The van der Waals surface area contributed by atoms with Crippen LogP contribution in [-0.4, -0.2) is 30.3 Å². The Kier molecular flexibility index (Phi) is 3.33. The third-order valence-electron chi connectivity index (χ3n) is 1.57. The molecule has 0 N–H and O–H groups in total. The maximum Gasteiger partial charge on any atom is 0.271 e. The molecule has 1 rings (SSSR count). The number of nitrogens with zero attached hydrogens (tertiary/aromatic N) is 3. The van der Waals surface area contributed by atoms with Gasteiger partial charge in [0.15, 0.2) is 0 Å². The van der Waals surface area contributed by atoms with E-state index < -0.39 is 10.7 Å². The monoisotopic (exact) mass is 211 g/mol. The Hall–Kier alpha value is -1.98. The molecule has 5 nitrogen and oxygen atoms in total. The number of non-ortho nitro benzene ring substituents is 1. The second-order valence-electron chi connectivity index (χ2n) is 3.10. The number of benzene rings is 1. The lowest BCUT2D eigenvalue weighted by Gasteiger charge is -2.02. The summed E-state index contributed by atoms with van der Waals surface area (Å²) >= 11 is 0. The fraction of sp³-hybridized carbons (Fsp3) is 0.222. The zero-order chi connectivity index (χ0) is 11.4. The third-order valence-corrected chi connectivity index (χ3v) is 1.57. The Morgan fingerprint density at radius 3 is 2.73 bits per heavy atom. The molecule has 80 valence electrons. The highest BCUT2D eigenvalue weighted by Crippen LogP contribution is 2.23. The van der Waals surface area contributed by atoms with Gasteiger partial charge in [0.1, 0.15) is 11.5 Å². The normalized spacial score (nSPS) is 10.6. The molecule has 0 bridgehead atoms. The zero-order valence-electron chi connectivity index (χ0n) is 8.35. The Bertz CT molecular complexity index is 404. The summed E-state index contributed by atoms with van der Waals surface area (Å²) in [4.78, 5) is 15.2. The van der Waals surface area contributed by atoms with E-state index in [1.165, 1.54) is 6.34 Å². The van der Waals surface area contributed by atoms with Crippen LogP contribution in [0.1, 0.15) is 0 Å². The molecule has 0 saturated heterocycles. The largest absolute Gasteiger partial charge is 0.369 e. The number of hydrogen-bond donors (Lipinski definition) is 0. The molecule has 0 unspecified atom stereocenters. The van der Waals surface area contributed by atoms with Gasteiger partial charge in [0.25, 0.3) is 5.69 Å². The first-order valence-electron chi connectivity index (χ1n) is 4.15. The van der Waals surface area contributed by atoms with E-state index in [4.69, 9.17) is 0 Å². The highest BCUT2D eigenvalue weighted by molar-refractivity contribution is 5.62. The van der Waals surface area contributed by atoms with Crippen molar-refractivity contribution in [2.45, 2.75) is 0 Å². The molecular weight excluding hydrogens is 201 g/mol. The number of nitro benzene ring substituents is 1. The summed E-state index contributed by atoms with van der Waals surface area (Å²) in [7, 11) is 3.44. The lowest BCUT2D eigenvalue weighted by Crippen LogP contribution is -2.07. The average Bonchev–Trinajstić information content (AvgIpc) is 2.16. The molecule has 1 aromatic carbocycles. The molecule has 1 aromatic rings. The van der Waals surface area contributed by atoms with Crippen LogP contribution in [0.15, 0.2) is 23.2 Å². The smallest absolute Gasteiger partial charge is 0.271 e. The number of nitro groups is 1. The van der Waals surface area contributed by atoms with Crippen LogP contribution in [0.2, 0.25) is 0 Å². The van der Waals surface area contributed by atoms with E-state index in [-0.39, 0.29) is 11.4 Å². The molecule has 0 aliphatic heterocycles. The molecule has 0 fully saturated rings. The van der Waals surface area contributed by atoms with Crippen molar-refractivity contribution >= 4 is 17.7 Å². The van der Waals surface area contributed by atoms with E-state index in [2.05, 4.69) is 4.99 Å². The van der Waals surface area contributed by atoms with Crippen molar-refractivity contribution in [3.8, 4) is 0 Å². The Balaban J connectivity index is 3.05. The summed E-state index contributed by atoms with van der Waals surface area (Å²) < 4.78 is 13.1. The molecule has 0 aliphatic rings. The first-order chi connectivity index (χ1) is 7.00. The van der Waals surface area contributed by atoms with Crippen LogP contribution in [0.5, 0.6) is 0 Å². The molecule has 0 radical (unpaired) electrons. The van der Waals surface area contributed by atoms with Crippen LogP contribution >= 0.6 is 0 Å². The Labute approximate surface area is 86.0 Å². The standard InChI is InChI=1S/C9H10FN3O2/c1-12(2)6-11-9-5-7(13(14)15)3-4-8(9)10/h3-6H,1-2H3. The van der Waals surface area contributed by atoms with Crippen LogP contribution in [0.25, 0.3) is 0 Å². The van der Waals surface area contributed by atoms with E-state index in [0.29, 0.717) is 0 Å². The minimum absolute atomic E-state index is 0.0436. The summed E-state index contributed by atoms with van der Waals surface area (Å²) in [5, 5.41) is 10.4. The van der Waals surface area contributed by atoms with Crippen LogP contribution < -0.4 is 0 Å². The van der Waals surface area contributed by atoms with Gasteiger partial charge < -0.3 is 4.90 Å².